The van der Waals surface area contributed by atoms with Gasteiger partial charge in [0.05, 0.1) is 86.0 Å². The molecule has 6 saturated carbocycles. The Kier molecular flexibility index (Phi) is 27.7. The van der Waals surface area contributed by atoms with E-state index >= 15 is 0 Å². The minimum atomic E-state index is -0.150. The molecule has 5 aromatic rings. The molecule has 5 aliphatic heterocycles. The Labute approximate surface area is 553 Å². The number of fused-ring (bicyclic) bond motifs is 5. The summed E-state index contributed by atoms with van der Waals surface area (Å²) in [5.41, 5.74) is 5.10. The Morgan fingerprint density at radius 2 is 1.10 bits per heavy atom. The number of hydrogen-bond donors (Lipinski definition) is 3. The number of halogens is 1. The lowest BCUT2D eigenvalue weighted by Crippen LogP contribution is -2.55. The van der Waals surface area contributed by atoms with Crippen LogP contribution in [0.5, 0.6) is 0 Å². The van der Waals surface area contributed by atoms with Crippen LogP contribution < -0.4 is 21.1 Å². The lowest BCUT2D eigenvalue weighted by atomic mass is 9.89. The number of aliphatic hydroxyl groups excluding tert-OH is 1. The van der Waals surface area contributed by atoms with E-state index in [1.165, 1.54) is 145 Å². The van der Waals surface area contributed by atoms with E-state index in [0.29, 0.717) is 78.6 Å². The van der Waals surface area contributed by atoms with Crippen LogP contribution in [-0.2, 0) is 55.2 Å². The summed E-state index contributed by atoms with van der Waals surface area (Å²) in [6.07, 6.45) is 35.7. The Balaban J connectivity index is 0.000000125. The van der Waals surface area contributed by atoms with E-state index in [2.05, 4.69) is 85.0 Å². The highest BCUT2D eigenvalue weighted by Gasteiger charge is 2.41. The van der Waals surface area contributed by atoms with E-state index in [9.17, 15) is 14.7 Å². The second kappa shape index (κ2) is 36.6. The number of morpholine rings is 4. The molecule has 12 atom stereocenters. The van der Waals surface area contributed by atoms with Gasteiger partial charge in [-0.1, -0.05) is 168 Å². The third-order valence-electron chi connectivity index (χ3n) is 20.6. The number of anilines is 1. The van der Waals surface area contributed by atoms with Gasteiger partial charge in [-0.05, 0) is 99.8 Å². The van der Waals surface area contributed by atoms with Gasteiger partial charge in [0.25, 0.3) is 5.56 Å². The van der Waals surface area contributed by atoms with Gasteiger partial charge in [-0.3, -0.25) is 19.1 Å². The molecule has 3 aromatic carbocycles. The molecule has 0 radical (unpaired) electrons. The Morgan fingerprint density at radius 3 is 1.74 bits per heavy atom. The number of carbonyl (C=O) groups excluding carboxylic acids is 1. The second-order valence-electron chi connectivity index (χ2n) is 26.9. The van der Waals surface area contributed by atoms with Crippen molar-refractivity contribution < 1.29 is 33.6 Å². The van der Waals surface area contributed by atoms with Crippen molar-refractivity contribution in [2.75, 3.05) is 51.0 Å². The SMILES string of the molecule is C1CCC2OC2C1.C1CC[C@@H]2OCCN[C@H]2C1.Cl.Cn1c(N2CCOC3CCCC[C@@H]32)nc(-c2ccncn2)cc1=O.O=C1CO[C@H]2CCCC[C@@H]2N1Cc1ccccc1.O[C@H]1CCCC[C@@H]1NCc1ccccc1.c1ccc(CN2CCO[C@H]3CCCC[C@@H]32)cc1. The first kappa shape index (κ1) is 69.6. The van der Waals surface area contributed by atoms with E-state index in [-0.39, 0.29) is 48.8 Å². The molecule has 1 amide bonds. The van der Waals surface area contributed by atoms with Crippen LogP contribution in [0.1, 0.15) is 171 Å². The summed E-state index contributed by atoms with van der Waals surface area (Å²) in [7, 11) is 1.78. The van der Waals surface area contributed by atoms with Gasteiger partial charge >= 0.3 is 0 Å². The number of nitrogens with zero attached hydrogens (tertiary/aromatic N) is 7. The highest BCUT2D eigenvalue weighted by atomic mass is 35.5. The maximum atomic E-state index is 12.5. The zero-order chi connectivity index (χ0) is 62.4. The molecule has 3 N–H and O–H groups in total. The summed E-state index contributed by atoms with van der Waals surface area (Å²) >= 11 is 0. The zero-order valence-electron chi connectivity index (χ0n) is 54.8. The van der Waals surface area contributed by atoms with Crippen LogP contribution in [0.15, 0.2) is 120 Å². The highest BCUT2D eigenvalue weighted by Crippen LogP contribution is 2.37. The van der Waals surface area contributed by atoms with Crippen molar-refractivity contribution in [1.29, 1.82) is 0 Å². The van der Waals surface area contributed by atoms with Crippen molar-refractivity contribution in [2.24, 2.45) is 7.05 Å². The van der Waals surface area contributed by atoms with Gasteiger partial charge in [-0.15, -0.1) is 12.4 Å². The summed E-state index contributed by atoms with van der Waals surface area (Å²) in [6, 6.07) is 36.9. The van der Waals surface area contributed by atoms with Gasteiger partial charge in [0.15, 0.2) is 0 Å². The number of hydrogen-bond acceptors (Lipinski definition) is 15. The number of rotatable bonds is 9. The van der Waals surface area contributed by atoms with Crippen molar-refractivity contribution >= 4 is 24.3 Å². The molecular weight excluding hydrogens is 1180 g/mol. The number of ether oxygens (including phenoxy) is 5. The highest BCUT2D eigenvalue weighted by molar-refractivity contribution is 5.85. The van der Waals surface area contributed by atoms with Crippen molar-refractivity contribution in [3.8, 4) is 11.4 Å². The monoisotopic (exact) mass is 1280 g/mol. The van der Waals surface area contributed by atoms with E-state index < -0.39 is 0 Å². The Hall–Kier alpha value is -5.18. The fourth-order valence-corrected chi connectivity index (χ4v) is 15.5. The average Bonchev–Trinajstić information content (AvgIpc) is 1.65. The average molecular weight is 1290 g/mol. The molecule has 502 valence electrons. The molecule has 3 unspecified atom stereocenters. The molecular formula is C74H106ClN9O8. The van der Waals surface area contributed by atoms with Crippen molar-refractivity contribution in [3.05, 3.63) is 143 Å². The number of benzene rings is 3. The van der Waals surface area contributed by atoms with Crippen LogP contribution in [0, 0.1) is 0 Å². The van der Waals surface area contributed by atoms with Gasteiger partial charge in [0.2, 0.25) is 11.9 Å². The third-order valence-corrected chi connectivity index (χ3v) is 20.6. The number of amides is 1. The maximum Gasteiger partial charge on any atom is 0.255 e. The molecule has 0 spiro atoms. The second-order valence-corrected chi connectivity index (χ2v) is 26.9. The molecule has 6 aliphatic carbocycles. The summed E-state index contributed by atoms with van der Waals surface area (Å²) in [6.45, 7) is 8.35. The topological polar surface area (TPSA) is 181 Å². The van der Waals surface area contributed by atoms with Crippen molar-refractivity contribution in [2.45, 2.75) is 247 Å². The fraction of sp³-hybridized carbons (Fsp3) is 0.635. The van der Waals surface area contributed by atoms with Gasteiger partial charge in [0.1, 0.15) is 12.9 Å². The third kappa shape index (κ3) is 20.2. The molecule has 92 heavy (non-hydrogen) atoms. The molecule has 11 aliphatic rings. The summed E-state index contributed by atoms with van der Waals surface area (Å²) in [5, 5.41) is 16.7. The molecule has 16 rings (SSSR count). The lowest BCUT2D eigenvalue weighted by Gasteiger charge is -2.44. The van der Waals surface area contributed by atoms with E-state index in [1.54, 1.807) is 23.9 Å². The number of nitrogens with one attached hydrogen (secondary N) is 2. The number of carbonyl (C=O) groups is 1. The van der Waals surface area contributed by atoms with Crippen LogP contribution in [-0.4, -0.2) is 159 Å². The molecule has 17 nitrogen and oxygen atoms in total. The minimum absolute atomic E-state index is 0. The molecule has 2 aromatic heterocycles. The molecule has 7 heterocycles. The Bertz CT molecular complexity index is 2940. The summed E-state index contributed by atoms with van der Waals surface area (Å²) < 4.78 is 30.0. The number of aliphatic hydroxyl groups is 1. The first-order valence-electron chi connectivity index (χ1n) is 35.3. The normalized spacial score (nSPS) is 29.6. The van der Waals surface area contributed by atoms with Crippen LogP contribution in [0.4, 0.5) is 5.95 Å². The van der Waals surface area contributed by atoms with Crippen LogP contribution in [0.2, 0.25) is 0 Å². The first-order valence-corrected chi connectivity index (χ1v) is 35.3. The Morgan fingerprint density at radius 1 is 0.554 bits per heavy atom. The van der Waals surface area contributed by atoms with Crippen molar-refractivity contribution in [1.82, 2.24) is 40.0 Å². The van der Waals surface area contributed by atoms with Gasteiger partial charge in [0, 0.05) is 76.7 Å². The molecule has 18 heteroatoms. The van der Waals surface area contributed by atoms with Crippen molar-refractivity contribution in [3.63, 3.8) is 0 Å². The maximum absolute atomic E-state index is 12.5. The van der Waals surface area contributed by atoms with Crippen LogP contribution in [0.3, 0.4) is 0 Å². The van der Waals surface area contributed by atoms with E-state index in [1.807, 2.05) is 41.3 Å². The lowest BCUT2D eigenvalue weighted by molar-refractivity contribution is -0.161. The molecule has 5 saturated heterocycles. The van der Waals surface area contributed by atoms with E-state index in [0.717, 1.165) is 91.0 Å². The van der Waals surface area contributed by atoms with Crippen LogP contribution >= 0.6 is 12.4 Å². The summed E-state index contributed by atoms with van der Waals surface area (Å²) in [5.74, 6) is 0.846. The van der Waals surface area contributed by atoms with E-state index in [4.69, 9.17) is 28.7 Å². The van der Waals surface area contributed by atoms with Gasteiger partial charge < -0.3 is 49.2 Å². The molecule has 0 bridgehead atoms. The minimum Gasteiger partial charge on any atom is -0.392 e. The smallest absolute Gasteiger partial charge is 0.255 e. The fourth-order valence-electron chi connectivity index (χ4n) is 15.5. The predicted molar refractivity (Wildman–Crippen MR) is 364 cm³/mol. The number of epoxide rings is 1. The van der Waals surface area contributed by atoms with Crippen LogP contribution in [0.25, 0.3) is 11.4 Å². The van der Waals surface area contributed by atoms with Gasteiger partial charge in [-0.25, -0.2) is 15.0 Å². The first-order chi connectivity index (χ1) is 44.8. The molecule has 11 fully saturated rings. The predicted octanol–water partition coefficient (Wildman–Crippen LogP) is 11.3. The summed E-state index contributed by atoms with van der Waals surface area (Å²) in [4.78, 5) is 44.3. The largest absolute Gasteiger partial charge is 0.392 e. The zero-order valence-corrected chi connectivity index (χ0v) is 55.6. The number of aromatic nitrogens is 4. The quantitative estimate of drug-likeness (QED) is 0.119. The standard InChI is InChI=1S/C17H21N5O2.C15H19NO2.C15H21NO.C13H19NO.C8H15NO.C6H10O.ClH/c1-21-16(23)10-13(12-6-7-18-11-19-12)20-17(21)22-8-9-24-15-5-3-2-4-14(15)22;17-15-11-18-14-9-5-4-8-13(14)16(15)10-12-6-2-1-3-7-12;1-2-6-13(7-3-1)12-16-10-11-17-15-9-5-4-8-14(15)16;15-13-9-5-4-8-12(13)14-10-11-6-2-1-3-7-11;1-2-4-8-7(3-1)9-5-6-10-8;1-2-4-6-5(3-1)7-6;/h6-7,10-11,14-15H,2-5,8-9H2,1H3;1-3,6-7,13-14H,4-5,8-11H2;1-3,6-7,14-15H,4-5,8-12H2;1-3,6-7,12-15H,4-5,8-10H2;7-9H,1-6H2;5-6H,1-4H2;1H/t14-,15?;13-,14-;14-,15-;12-,13-;7-,8-;;/m00000../s1. The van der Waals surface area contributed by atoms with Gasteiger partial charge in [-0.2, -0.15) is 0 Å².